The van der Waals surface area contributed by atoms with Gasteiger partial charge in [0, 0.05) is 0 Å². The van der Waals surface area contributed by atoms with E-state index < -0.39 is 0 Å². The van der Waals surface area contributed by atoms with E-state index in [1.165, 1.54) is 0 Å². The Morgan fingerprint density at radius 3 is 2.42 bits per heavy atom. The van der Waals surface area contributed by atoms with Gasteiger partial charge in [-0.3, -0.25) is 0 Å². The Hall–Kier alpha value is -1.06. The number of hydrogen-bond donors (Lipinski definition) is 2. The first-order valence-corrected chi connectivity index (χ1v) is 3.60. The normalized spacial score (nSPS) is 10.2. The Morgan fingerprint density at radius 1 is 1.25 bits per heavy atom. The van der Waals surface area contributed by atoms with Crippen molar-refractivity contribution in [3.63, 3.8) is 0 Å². The SMILES string of the molecule is C=C(/C=C\C(=C)OCCO)CO. The largest absolute Gasteiger partial charge is 0.492 e. The zero-order valence-electron chi connectivity index (χ0n) is 6.99. The standard InChI is InChI=1S/C9H14O3/c1-8(7-11)3-4-9(2)12-6-5-10/h3-4,10-11H,1-2,5-7H2/b4-3-. The molecule has 0 spiro atoms. The summed E-state index contributed by atoms with van der Waals surface area (Å²) in [5.74, 6) is 0.443. The lowest BCUT2D eigenvalue weighted by atomic mass is 10.3. The van der Waals surface area contributed by atoms with Crippen molar-refractivity contribution in [2.24, 2.45) is 0 Å². The maximum atomic E-state index is 8.56. The Balaban J connectivity index is 3.67. The minimum atomic E-state index is -0.0796. The van der Waals surface area contributed by atoms with Gasteiger partial charge in [0.05, 0.1) is 13.2 Å². The molecule has 0 saturated carbocycles. The summed E-state index contributed by atoms with van der Waals surface area (Å²) < 4.78 is 4.93. The maximum Gasteiger partial charge on any atom is 0.112 e. The molecule has 12 heavy (non-hydrogen) atoms. The highest BCUT2D eigenvalue weighted by molar-refractivity contribution is 5.21. The van der Waals surface area contributed by atoms with E-state index in [0.717, 1.165) is 0 Å². The lowest BCUT2D eigenvalue weighted by Gasteiger charge is -2.01. The summed E-state index contributed by atoms with van der Waals surface area (Å²) in [6, 6.07) is 0. The molecule has 3 heteroatoms. The Bertz CT molecular complexity index is 182. The van der Waals surface area contributed by atoms with Crippen LogP contribution in [0.4, 0.5) is 0 Å². The van der Waals surface area contributed by atoms with Crippen LogP contribution >= 0.6 is 0 Å². The van der Waals surface area contributed by atoms with Gasteiger partial charge in [-0.15, -0.1) is 0 Å². The molecular weight excluding hydrogens is 156 g/mol. The molecule has 3 nitrogen and oxygen atoms in total. The molecular formula is C9H14O3. The van der Waals surface area contributed by atoms with Gasteiger partial charge in [-0.25, -0.2) is 0 Å². The first-order valence-electron chi connectivity index (χ1n) is 3.60. The second kappa shape index (κ2) is 6.64. The fourth-order valence-corrected chi connectivity index (χ4v) is 0.488. The fourth-order valence-electron chi connectivity index (χ4n) is 0.488. The zero-order valence-corrected chi connectivity index (χ0v) is 6.99. The molecule has 0 aliphatic heterocycles. The summed E-state index contributed by atoms with van der Waals surface area (Å²) in [5.41, 5.74) is 0.587. The van der Waals surface area contributed by atoms with Gasteiger partial charge in [-0.1, -0.05) is 19.2 Å². The number of allylic oxidation sites excluding steroid dienone is 1. The van der Waals surface area contributed by atoms with E-state index >= 15 is 0 Å². The minimum absolute atomic E-state index is 0.0339. The van der Waals surface area contributed by atoms with E-state index in [1.54, 1.807) is 12.2 Å². The van der Waals surface area contributed by atoms with Gasteiger partial charge in [0.15, 0.2) is 0 Å². The number of rotatable bonds is 6. The smallest absolute Gasteiger partial charge is 0.112 e. The molecule has 0 amide bonds. The topological polar surface area (TPSA) is 49.7 Å². The molecule has 0 unspecified atom stereocenters. The molecule has 0 aromatic heterocycles. The summed E-state index contributed by atoms with van der Waals surface area (Å²) in [4.78, 5) is 0. The van der Waals surface area contributed by atoms with Gasteiger partial charge in [-0.2, -0.15) is 0 Å². The molecule has 0 heterocycles. The van der Waals surface area contributed by atoms with Crippen LogP contribution in [0, 0.1) is 0 Å². The summed E-state index contributed by atoms with van der Waals surface area (Å²) in [6.07, 6.45) is 3.20. The van der Waals surface area contributed by atoms with Crippen molar-refractivity contribution >= 4 is 0 Å². The molecule has 0 aromatic carbocycles. The van der Waals surface area contributed by atoms with E-state index in [2.05, 4.69) is 13.2 Å². The van der Waals surface area contributed by atoms with E-state index in [0.29, 0.717) is 11.3 Å². The Kier molecular flexibility index (Phi) is 6.05. The Labute approximate surface area is 72.3 Å². The lowest BCUT2D eigenvalue weighted by molar-refractivity contribution is 0.153. The Morgan fingerprint density at radius 2 is 1.92 bits per heavy atom. The van der Waals surface area contributed by atoms with Crippen molar-refractivity contribution < 1.29 is 14.9 Å². The molecule has 0 bridgehead atoms. The number of hydrogen-bond acceptors (Lipinski definition) is 3. The number of ether oxygens (including phenoxy) is 1. The second-order valence-corrected chi connectivity index (χ2v) is 2.19. The monoisotopic (exact) mass is 170 g/mol. The van der Waals surface area contributed by atoms with Crippen LogP contribution in [0.15, 0.2) is 36.6 Å². The first-order chi connectivity index (χ1) is 5.70. The first kappa shape index (κ1) is 10.9. The van der Waals surface area contributed by atoms with Crippen LogP contribution in [0.25, 0.3) is 0 Å². The number of aliphatic hydroxyl groups is 2. The molecule has 0 fully saturated rings. The quantitative estimate of drug-likeness (QED) is 0.453. The van der Waals surface area contributed by atoms with E-state index in [9.17, 15) is 0 Å². The average molecular weight is 170 g/mol. The van der Waals surface area contributed by atoms with Gasteiger partial charge in [0.25, 0.3) is 0 Å². The van der Waals surface area contributed by atoms with Crippen molar-refractivity contribution in [3.8, 4) is 0 Å². The predicted molar refractivity (Wildman–Crippen MR) is 47.5 cm³/mol. The molecule has 0 atom stereocenters. The molecule has 0 aliphatic rings. The summed E-state index contributed by atoms with van der Waals surface area (Å²) in [5, 5.41) is 17.0. The maximum absolute atomic E-state index is 8.56. The van der Waals surface area contributed by atoms with Crippen LogP contribution in [0.3, 0.4) is 0 Å². The van der Waals surface area contributed by atoms with Crippen LogP contribution in [-0.4, -0.2) is 30.0 Å². The summed E-state index contributed by atoms with van der Waals surface area (Å²) in [7, 11) is 0. The van der Waals surface area contributed by atoms with Crippen LogP contribution in [-0.2, 0) is 4.74 Å². The number of aliphatic hydroxyl groups excluding tert-OH is 2. The van der Waals surface area contributed by atoms with E-state index in [1.807, 2.05) is 0 Å². The summed E-state index contributed by atoms with van der Waals surface area (Å²) >= 11 is 0. The van der Waals surface area contributed by atoms with Crippen LogP contribution in [0.2, 0.25) is 0 Å². The highest BCUT2D eigenvalue weighted by Gasteiger charge is 1.88. The highest BCUT2D eigenvalue weighted by atomic mass is 16.5. The third-order valence-electron chi connectivity index (χ3n) is 1.09. The third kappa shape index (κ3) is 5.70. The van der Waals surface area contributed by atoms with Gasteiger partial charge < -0.3 is 14.9 Å². The predicted octanol–water partition coefficient (Wildman–Crippen LogP) is 0.614. The molecule has 68 valence electrons. The van der Waals surface area contributed by atoms with Crippen LogP contribution in [0.1, 0.15) is 0 Å². The zero-order chi connectivity index (χ0) is 9.40. The summed E-state index contributed by atoms with van der Waals surface area (Å²) in [6.45, 7) is 7.22. The van der Waals surface area contributed by atoms with Crippen LogP contribution < -0.4 is 0 Å². The highest BCUT2D eigenvalue weighted by Crippen LogP contribution is 1.98. The lowest BCUT2D eigenvalue weighted by Crippen LogP contribution is -1.96. The van der Waals surface area contributed by atoms with E-state index in [-0.39, 0.29) is 19.8 Å². The fraction of sp³-hybridized carbons (Fsp3) is 0.333. The van der Waals surface area contributed by atoms with Crippen molar-refractivity contribution in [1.82, 2.24) is 0 Å². The molecule has 0 saturated heterocycles. The average Bonchev–Trinajstić information content (AvgIpc) is 2.10. The molecule has 0 radical (unpaired) electrons. The molecule has 0 rings (SSSR count). The van der Waals surface area contributed by atoms with Gasteiger partial charge in [-0.05, 0) is 11.6 Å². The van der Waals surface area contributed by atoms with Crippen molar-refractivity contribution in [2.75, 3.05) is 19.8 Å². The molecule has 2 N–H and O–H groups in total. The van der Waals surface area contributed by atoms with Crippen molar-refractivity contribution in [3.05, 3.63) is 36.6 Å². The van der Waals surface area contributed by atoms with Crippen molar-refractivity contribution in [2.45, 2.75) is 0 Å². The van der Waals surface area contributed by atoms with Gasteiger partial charge in [0.1, 0.15) is 12.4 Å². The molecule has 0 aromatic rings. The van der Waals surface area contributed by atoms with Gasteiger partial charge in [0.2, 0.25) is 0 Å². The minimum Gasteiger partial charge on any atom is -0.492 e. The van der Waals surface area contributed by atoms with Crippen LogP contribution in [0.5, 0.6) is 0 Å². The third-order valence-corrected chi connectivity index (χ3v) is 1.09. The second-order valence-electron chi connectivity index (χ2n) is 2.19. The van der Waals surface area contributed by atoms with E-state index in [4.69, 9.17) is 14.9 Å². The van der Waals surface area contributed by atoms with Crippen molar-refractivity contribution in [1.29, 1.82) is 0 Å². The van der Waals surface area contributed by atoms with Gasteiger partial charge >= 0.3 is 0 Å². The molecule has 0 aliphatic carbocycles.